The van der Waals surface area contributed by atoms with Gasteiger partial charge in [-0.15, -0.1) is 0 Å². The van der Waals surface area contributed by atoms with Gasteiger partial charge in [0.1, 0.15) is 6.10 Å². The number of rotatable bonds is 2. The minimum atomic E-state index is 0.0410. The smallest absolute Gasteiger partial charge is 0.204 e. The number of imidazole rings is 1. The Bertz CT molecular complexity index is 751. The number of para-hydroxylation sites is 2. The summed E-state index contributed by atoms with van der Waals surface area (Å²) in [6, 6.07) is 15.9. The van der Waals surface area contributed by atoms with Crippen LogP contribution in [0.4, 0.5) is 5.95 Å². The number of aromatic nitrogens is 2. The van der Waals surface area contributed by atoms with Gasteiger partial charge < -0.3 is 14.6 Å². The molecule has 0 radical (unpaired) electrons. The van der Waals surface area contributed by atoms with Crippen molar-refractivity contribution in [2.75, 3.05) is 24.6 Å². The van der Waals surface area contributed by atoms with Gasteiger partial charge in [0, 0.05) is 11.6 Å². The number of anilines is 1. The number of ether oxygens (including phenoxy) is 1. The molecule has 1 atom stereocenters. The third-order valence-electron chi connectivity index (χ3n) is 3.98. The minimum absolute atomic E-state index is 0.0410. The molecule has 4 nitrogen and oxygen atoms in total. The summed E-state index contributed by atoms with van der Waals surface area (Å²) in [6.07, 6.45) is 0.0410. The first kappa shape index (κ1) is 13.6. The zero-order valence-corrected chi connectivity index (χ0v) is 12.8. The van der Waals surface area contributed by atoms with Crippen molar-refractivity contribution in [3.05, 3.63) is 59.1 Å². The van der Waals surface area contributed by atoms with E-state index in [1.54, 1.807) is 0 Å². The zero-order valence-electron chi connectivity index (χ0n) is 12.0. The van der Waals surface area contributed by atoms with E-state index in [-0.39, 0.29) is 6.10 Å². The van der Waals surface area contributed by atoms with Crippen LogP contribution in [0.1, 0.15) is 11.7 Å². The number of halogens is 1. The summed E-state index contributed by atoms with van der Waals surface area (Å²) in [5.74, 6) is 0.906. The number of hydrogen-bond acceptors (Lipinski definition) is 3. The van der Waals surface area contributed by atoms with Crippen LogP contribution < -0.4 is 4.90 Å². The normalized spacial score (nSPS) is 18.8. The predicted octanol–water partition coefficient (Wildman–Crippen LogP) is 3.79. The highest BCUT2D eigenvalue weighted by Crippen LogP contribution is 2.26. The third-order valence-corrected chi connectivity index (χ3v) is 4.24. The fourth-order valence-electron chi connectivity index (χ4n) is 2.81. The van der Waals surface area contributed by atoms with Gasteiger partial charge in [0.25, 0.3) is 0 Å². The molecule has 1 N–H and O–H groups in total. The molecule has 112 valence electrons. The van der Waals surface area contributed by atoms with E-state index in [9.17, 15) is 0 Å². The number of benzene rings is 2. The highest BCUT2D eigenvalue weighted by molar-refractivity contribution is 6.30. The van der Waals surface area contributed by atoms with Gasteiger partial charge in [0.15, 0.2) is 0 Å². The number of hydrogen-bond donors (Lipinski definition) is 1. The van der Waals surface area contributed by atoms with Gasteiger partial charge in [0.2, 0.25) is 5.95 Å². The van der Waals surface area contributed by atoms with E-state index in [1.807, 2.05) is 48.5 Å². The van der Waals surface area contributed by atoms with Crippen LogP contribution in [0.3, 0.4) is 0 Å². The number of aromatic amines is 1. The topological polar surface area (TPSA) is 41.2 Å². The zero-order chi connectivity index (χ0) is 14.9. The lowest BCUT2D eigenvalue weighted by atomic mass is 10.1. The first-order valence-electron chi connectivity index (χ1n) is 7.36. The van der Waals surface area contributed by atoms with Crippen molar-refractivity contribution < 1.29 is 4.74 Å². The standard InChI is InChI=1S/C17H16ClN3O/c18-13-7-5-12(6-8-13)16-11-21(9-10-22-16)17-19-14-3-1-2-4-15(14)20-17/h1-8,16H,9-11H2,(H,19,20). The summed E-state index contributed by atoms with van der Waals surface area (Å²) in [4.78, 5) is 10.3. The predicted molar refractivity (Wildman–Crippen MR) is 88.5 cm³/mol. The molecule has 5 heteroatoms. The van der Waals surface area contributed by atoms with Gasteiger partial charge in [-0.1, -0.05) is 35.9 Å². The number of morpholine rings is 1. The minimum Gasteiger partial charge on any atom is -0.370 e. The van der Waals surface area contributed by atoms with Gasteiger partial charge in [-0.3, -0.25) is 0 Å². The van der Waals surface area contributed by atoms with E-state index >= 15 is 0 Å². The molecule has 2 aromatic carbocycles. The largest absolute Gasteiger partial charge is 0.370 e. The summed E-state index contributed by atoms with van der Waals surface area (Å²) in [5, 5.41) is 0.744. The maximum atomic E-state index is 5.95. The molecule has 1 fully saturated rings. The molecule has 1 aliphatic heterocycles. The summed E-state index contributed by atoms with van der Waals surface area (Å²) in [6.45, 7) is 2.30. The molecule has 0 amide bonds. The first-order chi connectivity index (χ1) is 10.8. The maximum Gasteiger partial charge on any atom is 0.204 e. The molecule has 1 aliphatic rings. The Hall–Kier alpha value is -2.04. The van der Waals surface area contributed by atoms with Crippen LogP contribution in [0, 0.1) is 0 Å². The Morgan fingerprint density at radius 3 is 2.77 bits per heavy atom. The lowest BCUT2D eigenvalue weighted by Crippen LogP contribution is -2.39. The van der Waals surface area contributed by atoms with Crippen LogP contribution in [0.5, 0.6) is 0 Å². The van der Waals surface area contributed by atoms with Gasteiger partial charge in [-0.2, -0.15) is 0 Å². The van der Waals surface area contributed by atoms with Gasteiger partial charge in [-0.05, 0) is 29.8 Å². The molecule has 2 heterocycles. The van der Waals surface area contributed by atoms with E-state index in [0.717, 1.165) is 40.7 Å². The van der Waals surface area contributed by atoms with Crippen molar-refractivity contribution in [2.24, 2.45) is 0 Å². The molecule has 0 bridgehead atoms. The van der Waals surface area contributed by atoms with E-state index in [4.69, 9.17) is 16.3 Å². The SMILES string of the molecule is Clc1ccc(C2CN(c3nc4ccccc4[nH]3)CCO2)cc1. The second kappa shape index (κ2) is 5.63. The fourth-order valence-corrected chi connectivity index (χ4v) is 2.94. The van der Waals surface area contributed by atoms with Crippen molar-refractivity contribution in [1.82, 2.24) is 9.97 Å². The fraction of sp³-hybridized carbons (Fsp3) is 0.235. The molecule has 4 rings (SSSR count). The Morgan fingerprint density at radius 2 is 1.95 bits per heavy atom. The molecular formula is C17H16ClN3O. The molecule has 1 saturated heterocycles. The van der Waals surface area contributed by atoms with Gasteiger partial charge >= 0.3 is 0 Å². The van der Waals surface area contributed by atoms with Crippen LogP contribution in [-0.4, -0.2) is 29.7 Å². The number of H-pyrrole nitrogens is 1. The Balaban J connectivity index is 1.58. The summed E-state index contributed by atoms with van der Waals surface area (Å²) in [5.41, 5.74) is 3.20. The average Bonchev–Trinajstić information content (AvgIpc) is 3.00. The Morgan fingerprint density at radius 1 is 1.14 bits per heavy atom. The molecule has 1 unspecified atom stereocenters. The van der Waals surface area contributed by atoms with Gasteiger partial charge in [0.05, 0.1) is 24.2 Å². The molecule has 1 aromatic heterocycles. The van der Waals surface area contributed by atoms with E-state index in [2.05, 4.69) is 14.9 Å². The van der Waals surface area contributed by atoms with Crippen molar-refractivity contribution >= 4 is 28.6 Å². The van der Waals surface area contributed by atoms with Crippen molar-refractivity contribution in [1.29, 1.82) is 0 Å². The second-order valence-electron chi connectivity index (χ2n) is 5.43. The number of nitrogens with one attached hydrogen (secondary N) is 1. The average molecular weight is 314 g/mol. The summed E-state index contributed by atoms with van der Waals surface area (Å²) < 4.78 is 5.90. The van der Waals surface area contributed by atoms with Crippen LogP contribution in [0.15, 0.2) is 48.5 Å². The number of nitrogens with zero attached hydrogens (tertiary/aromatic N) is 2. The molecule has 0 aliphatic carbocycles. The van der Waals surface area contributed by atoms with E-state index in [1.165, 1.54) is 0 Å². The van der Waals surface area contributed by atoms with Crippen LogP contribution in [0.25, 0.3) is 11.0 Å². The van der Waals surface area contributed by atoms with E-state index in [0.29, 0.717) is 6.61 Å². The lowest BCUT2D eigenvalue weighted by molar-refractivity contribution is 0.0393. The van der Waals surface area contributed by atoms with Crippen LogP contribution in [0.2, 0.25) is 5.02 Å². The van der Waals surface area contributed by atoms with E-state index < -0.39 is 0 Å². The quantitative estimate of drug-likeness (QED) is 0.782. The van der Waals surface area contributed by atoms with Gasteiger partial charge in [-0.25, -0.2) is 4.98 Å². The highest BCUT2D eigenvalue weighted by Gasteiger charge is 2.24. The van der Waals surface area contributed by atoms with Crippen LogP contribution in [-0.2, 0) is 4.74 Å². The monoisotopic (exact) mass is 313 g/mol. The molecule has 22 heavy (non-hydrogen) atoms. The summed E-state index contributed by atoms with van der Waals surface area (Å²) in [7, 11) is 0. The molecule has 3 aromatic rings. The van der Waals surface area contributed by atoms with Crippen molar-refractivity contribution in [3.63, 3.8) is 0 Å². The highest BCUT2D eigenvalue weighted by atomic mass is 35.5. The van der Waals surface area contributed by atoms with Crippen molar-refractivity contribution in [3.8, 4) is 0 Å². The first-order valence-corrected chi connectivity index (χ1v) is 7.74. The number of fused-ring (bicyclic) bond motifs is 1. The molecule has 0 spiro atoms. The Labute approximate surface area is 133 Å². The maximum absolute atomic E-state index is 5.95. The Kier molecular flexibility index (Phi) is 3.48. The molecule has 0 saturated carbocycles. The third kappa shape index (κ3) is 2.56. The summed E-state index contributed by atoms with van der Waals surface area (Å²) >= 11 is 5.95. The second-order valence-corrected chi connectivity index (χ2v) is 5.87. The lowest BCUT2D eigenvalue weighted by Gasteiger charge is -2.33. The molecular weight excluding hydrogens is 298 g/mol. The van der Waals surface area contributed by atoms with Crippen LogP contribution >= 0.6 is 11.6 Å². The van der Waals surface area contributed by atoms with Crippen molar-refractivity contribution in [2.45, 2.75) is 6.10 Å².